The Labute approximate surface area is 168 Å². The molecule has 10 heteroatoms. The second kappa shape index (κ2) is 8.22. The third kappa shape index (κ3) is 5.33. The molecule has 3 rings (SSSR count). The van der Waals surface area contributed by atoms with Crippen molar-refractivity contribution >= 4 is 29.4 Å². The number of hydrogen-bond acceptors (Lipinski definition) is 7. The van der Waals surface area contributed by atoms with Crippen LogP contribution in [0.3, 0.4) is 0 Å². The van der Waals surface area contributed by atoms with Crippen LogP contribution in [0, 0.1) is 5.82 Å². The lowest BCUT2D eigenvalue weighted by Gasteiger charge is -2.36. The van der Waals surface area contributed by atoms with Crippen LogP contribution >= 0.6 is 0 Å². The summed E-state index contributed by atoms with van der Waals surface area (Å²) < 4.78 is 20.0. The topological polar surface area (TPSA) is 104 Å². The standard InChI is InChI=1S/C19H26FN5O4/c1-19(2,3)29-18(28)25-8-6-24(7-9-25)16-13(20)10-12(11-21-16)22-14-4-5-15(26)23-17(14)27/h10-11,14,22H,4-9H2,1-3H3,(H,23,26,27). The Kier molecular flexibility index (Phi) is 5.90. The summed E-state index contributed by atoms with van der Waals surface area (Å²) in [6.07, 6.45) is 1.66. The van der Waals surface area contributed by atoms with E-state index in [4.69, 9.17) is 4.74 Å². The van der Waals surface area contributed by atoms with Crippen molar-refractivity contribution < 1.29 is 23.5 Å². The lowest BCUT2D eigenvalue weighted by Crippen LogP contribution is -2.50. The van der Waals surface area contributed by atoms with E-state index in [0.29, 0.717) is 38.3 Å². The van der Waals surface area contributed by atoms with Crippen molar-refractivity contribution in [2.24, 2.45) is 0 Å². The first kappa shape index (κ1) is 20.8. The summed E-state index contributed by atoms with van der Waals surface area (Å²) in [5.74, 6) is -1.06. The number of nitrogens with one attached hydrogen (secondary N) is 2. The number of halogens is 1. The third-order valence-electron chi connectivity index (χ3n) is 4.63. The predicted molar refractivity (Wildman–Crippen MR) is 104 cm³/mol. The van der Waals surface area contributed by atoms with E-state index in [9.17, 15) is 18.8 Å². The first-order valence-electron chi connectivity index (χ1n) is 9.61. The van der Waals surface area contributed by atoms with Gasteiger partial charge in [0.2, 0.25) is 11.8 Å². The van der Waals surface area contributed by atoms with Gasteiger partial charge in [0.05, 0.1) is 11.9 Å². The van der Waals surface area contributed by atoms with Gasteiger partial charge in [-0.1, -0.05) is 0 Å². The Morgan fingerprint density at radius 3 is 2.55 bits per heavy atom. The van der Waals surface area contributed by atoms with Crippen molar-refractivity contribution in [1.82, 2.24) is 15.2 Å². The molecule has 1 aromatic rings. The Morgan fingerprint density at radius 1 is 1.28 bits per heavy atom. The van der Waals surface area contributed by atoms with Gasteiger partial charge in [-0.05, 0) is 27.2 Å². The van der Waals surface area contributed by atoms with Crippen LogP contribution in [0.25, 0.3) is 0 Å². The quantitative estimate of drug-likeness (QED) is 0.732. The Morgan fingerprint density at radius 2 is 1.97 bits per heavy atom. The van der Waals surface area contributed by atoms with Gasteiger partial charge >= 0.3 is 6.09 Å². The zero-order valence-electron chi connectivity index (χ0n) is 16.8. The fourth-order valence-corrected chi connectivity index (χ4v) is 3.20. The molecule has 1 aromatic heterocycles. The van der Waals surface area contributed by atoms with Crippen molar-refractivity contribution in [1.29, 1.82) is 0 Å². The molecule has 0 spiro atoms. The van der Waals surface area contributed by atoms with Crippen LogP contribution in [0.1, 0.15) is 33.6 Å². The van der Waals surface area contributed by atoms with Crippen LogP contribution in [-0.4, -0.2) is 65.6 Å². The van der Waals surface area contributed by atoms with Crippen molar-refractivity contribution in [2.45, 2.75) is 45.3 Å². The summed E-state index contributed by atoms with van der Waals surface area (Å²) in [7, 11) is 0. The second-order valence-corrected chi connectivity index (χ2v) is 8.13. The number of pyridine rings is 1. The molecule has 29 heavy (non-hydrogen) atoms. The zero-order valence-corrected chi connectivity index (χ0v) is 16.8. The second-order valence-electron chi connectivity index (χ2n) is 8.13. The van der Waals surface area contributed by atoms with Crippen LogP contribution in [0.5, 0.6) is 0 Å². The number of piperidine rings is 1. The smallest absolute Gasteiger partial charge is 0.410 e. The summed E-state index contributed by atoms with van der Waals surface area (Å²) in [5, 5.41) is 5.16. The molecular formula is C19H26FN5O4. The molecule has 158 valence electrons. The maximum absolute atomic E-state index is 14.6. The van der Waals surface area contributed by atoms with Gasteiger partial charge in [0, 0.05) is 38.7 Å². The average molecular weight is 407 g/mol. The molecule has 2 fully saturated rings. The van der Waals surface area contributed by atoms with E-state index < -0.39 is 23.4 Å². The molecule has 2 N–H and O–H groups in total. The van der Waals surface area contributed by atoms with E-state index in [0.717, 1.165) is 0 Å². The molecule has 1 atom stereocenters. The lowest BCUT2D eigenvalue weighted by atomic mass is 10.1. The molecule has 2 aliphatic heterocycles. The van der Waals surface area contributed by atoms with Gasteiger partial charge in [-0.2, -0.15) is 0 Å². The van der Waals surface area contributed by atoms with Crippen molar-refractivity contribution in [2.75, 3.05) is 36.4 Å². The molecule has 0 radical (unpaired) electrons. The summed E-state index contributed by atoms with van der Waals surface area (Å²) in [6.45, 7) is 7.12. The number of imide groups is 1. The Hall–Kier alpha value is -2.91. The summed E-state index contributed by atoms with van der Waals surface area (Å²) >= 11 is 0. The summed E-state index contributed by atoms with van der Waals surface area (Å²) in [5.41, 5.74) is -0.194. The molecular weight excluding hydrogens is 381 g/mol. The number of anilines is 2. The number of aromatic nitrogens is 1. The van der Waals surface area contributed by atoms with E-state index in [1.165, 1.54) is 12.3 Å². The number of carbonyl (C=O) groups is 3. The molecule has 0 bridgehead atoms. The van der Waals surface area contributed by atoms with E-state index in [1.807, 2.05) is 20.8 Å². The minimum atomic E-state index is -0.600. The first-order chi connectivity index (χ1) is 13.6. The van der Waals surface area contributed by atoms with Gasteiger partial charge in [0.25, 0.3) is 0 Å². The number of amides is 3. The van der Waals surface area contributed by atoms with Gasteiger partial charge in [-0.15, -0.1) is 0 Å². The van der Waals surface area contributed by atoms with Crippen LogP contribution in [0.4, 0.5) is 20.7 Å². The minimum absolute atomic E-state index is 0.197. The van der Waals surface area contributed by atoms with E-state index in [-0.39, 0.29) is 24.2 Å². The number of carbonyl (C=O) groups excluding carboxylic acids is 3. The van der Waals surface area contributed by atoms with Gasteiger partial charge in [-0.3, -0.25) is 14.9 Å². The number of hydrogen-bond donors (Lipinski definition) is 2. The highest BCUT2D eigenvalue weighted by Crippen LogP contribution is 2.23. The highest BCUT2D eigenvalue weighted by Gasteiger charge is 2.29. The molecule has 9 nitrogen and oxygen atoms in total. The summed E-state index contributed by atoms with van der Waals surface area (Å²) in [4.78, 5) is 42.7. The van der Waals surface area contributed by atoms with Crippen LogP contribution in [-0.2, 0) is 14.3 Å². The van der Waals surface area contributed by atoms with Gasteiger partial charge < -0.3 is 19.9 Å². The molecule has 0 aromatic carbocycles. The van der Waals surface area contributed by atoms with Gasteiger partial charge in [-0.25, -0.2) is 14.2 Å². The highest BCUT2D eigenvalue weighted by atomic mass is 19.1. The van der Waals surface area contributed by atoms with E-state index >= 15 is 0 Å². The maximum atomic E-state index is 14.6. The largest absolute Gasteiger partial charge is 0.444 e. The van der Waals surface area contributed by atoms with Crippen LogP contribution in [0.15, 0.2) is 12.3 Å². The van der Waals surface area contributed by atoms with E-state index in [2.05, 4.69) is 15.6 Å². The minimum Gasteiger partial charge on any atom is -0.444 e. The molecule has 0 saturated carbocycles. The van der Waals surface area contributed by atoms with Crippen LogP contribution < -0.4 is 15.5 Å². The number of nitrogens with zero attached hydrogens (tertiary/aromatic N) is 3. The normalized spacial score (nSPS) is 20.3. The van der Waals surface area contributed by atoms with Crippen molar-refractivity contribution in [3.63, 3.8) is 0 Å². The fraction of sp³-hybridized carbons (Fsp3) is 0.579. The summed E-state index contributed by atoms with van der Waals surface area (Å²) in [6, 6.07) is 0.684. The molecule has 3 amide bonds. The fourth-order valence-electron chi connectivity index (χ4n) is 3.20. The van der Waals surface area contributed by atoms with E-state index in [1.54, 1.807) is 9.80 Å². The molecule has 0 aliphatic carbocycles. The number of ether oxygens (including phenoxy) is 1. The lowest BCUT2D eigenvalue weighted by molar-refractivity contribution is -0.133. The SMILES string of the molecule is CC(C)(C)OC(=O)N1CCN(c2ncc(NC3CCC(=O)NC3=O)cc2F)CC1. The molecule has 3 heterocycles. The first-order valence-corrected chi connectivity index (χ1v) is 9.61. The average Bonchev–Trinajstić information content (AvgIpc) is 2.63. The Balaban J connectivity index is 1.58. The van der Waals surface area contributed by atoms with Gasteiger partial charge in [0.15, 0.2) is 11.6 Å². The number of piperazine rings is 1. The number of rotatable bonds is 3. The highest BCUT2D eigenvalue weighted by molar-refractivity contribution is 6.01. The third-order valence-corrected chi connectivity index (χ3v) is 4.63. The molecule has 2 aliphatic rings. The monoisotopic (exact) mass is 407 g/mol. The zero-order chi connectivity index (χ0) is 21.2. The Bertz CT molecular complexity index is 802. The van der Waals surface area contributed by atoms with Crippen LogP contribution in [0.2, 0.25) is 0 Å². The predicted octanol–water partition coefficient (Wildman–Crippen LogP) is 1.49. The van der Waals surface area contributed by atoms with Gasteiger partial charge in [0.1, 0.15) is 11.6 Å². The molecule has 1 unspecified atom stereocenters. The van der Waals surface area contributed by atoms with Crippen molar-refractivity contribution in [3.8, 4) is 0 Å². The van der Waals surface area contributed by atoms with Crippen molar-refractivity contribution in [3.05, 3.63) is 18.1 Å². The molecule has 2 saturated heterocycles. The maximum Gasteiger partial charge on any atom is 0.410 e.